The first-order valence-electron chi connectivity index (χ1n) is 8.81. The summed E-state index contributed by atoms with van der Waals surface area (Å²) in [5.41, 5.74) is 7.53. The Bertz CT molecular complexity index is 932. The van der Waals surface area contributed by atoms with Crippen LogP contribution in [0.25, 0.3) is 11.1 Å². The molecule has 1 amide bonds. The maximum Gasteiger partial charge on any atom is 0.277 e. The molecule has 1 N–H and O–H groups in total. The monoisotopic (exact) mass is 358 g/mol. The molecule has 0 bridgehead atoms. The summed E-state index contributed by atoms with van der Waals surface area (Å²) < 4.78 is 5.52. The third-order valence-electron chi connectivity index (χ3n) is 4.21. The first-order chi connectivity index (χ1) is 13.1. The van der Waals surface area contributed by atoms with Crippen molar-refractivity contribution in [3.63, 3.8) is 0 Å². The van der Waals surface area contributed by atoms with E-state index in [-0.39, 0.29) is 12.5 Å². The molecule has 3 rings (SSSR count). The first-order valence-corrected chi connectivity index (χ1v) is 8.81. The van der Waals surface area contributed by atoms with Gasteiger partial charge >= 0.3 is 0 Å². The van der Waals surface area contributed by atoms with E-state index >= 15 is 0 Å². The molecular formula is C23H22N2O2. The molecule has 4 heteroatoms. The number of nitrogens with zero attached hydrogens (tertiary/aromatic N) is 1. The predicted octanol–water partition coefficient (Wildman–Crippen LogP) is 4.58. The number of carbonyl (C=O) groups excluding carboxylic acids is 1. The van der Waals surface area contributed by atoms with Crippen molar-refractivity contribution in [2.75, 3.05) is 6.61 Å². The minimum Gasteiger partial charge on any atom is -0.483 e. The van der Waals surface area contributed by atoms with Crippen molar-refractivity contribution in [2.24, 2.45) is 5.10 Å². The van der Waals surface area contributed by atoms with Gasteiger partial charge in [-0.1, -0.05) is 72.8 Å². The Kier molecular flexibility index (Phi) is 6.00. The largest absolute Gasteiger partial charge is 0.483 e. The topological polar surface area (TPSA) is 50.7 Å². The van der Waals surface area contributed by atoms with Crippen molar-refractivity contribution in [3.05, 3.63) is 90.0 Å². The van der Waals surface area contributed by atoms with Crippen molar-refractivity contribution < 1.29 is 9.53 Å². The van der Waals surface area contributed by atoms with Crippen molar-refractivity contribution >= 4 is 11.6 Å². The van der Waals surface area contributed by atoms with Crippen LogP contribution < -0.4 is 10.2 Å². The summed E-state index contributed by atoms with van der Waals surface area (Å²) in [6, 6.07) is 25.9. The maximum atomic E-state index is 12.0. The number of nitrogens with one attached hydrogen (secondary N) is 1. The van der Waals surface area contributed by atoms with Gasteiger partial charge in [0.25, 0.3) is 5.91 Å². The van der Waals surface area contributed by atoms with Crippen LogP contribution in [0.4, 0.5) is 0 Å². The van der Waals surface area contributed by atoms with E-state index in [0.717, 1.165) is 22.4 Å². The Labute approximate surface area is 159 Å². The molecule has 136 valence electrons. The number of para-hydroxylation sites is 1. The summed E-state index contributed by atoms with van der Waals surface area (Å²) in [7, 11) is 0. The number of hydrogen-bond donors (Lipinski definition) is 1. The van der Waals surface area contributed by atoms with E-state index in [4.69, 9.17) is 4.74 Å². The average Bonchev–Trinajstić information content (AvgIpc) is 2.72. The molecule has 3 aromatic rings. The summed E-state index contributed by atoms with van der Waals surface area (Å²) in [6.45, 7) is 3.73. The number of carbonyl (C=O) groups is 1. The second-order valence-electron chi connectivity index (χ2n) is 6.23. The van der Waals surface area contributed by atoms with Gasteiger partial charge in [-0.25, -0.2) is 5.43 Å². The van der Waals surface area contributed by atoms with Crippen LogP contribution in [-0.2, 0) is 4.79 Å². The Hall–Kier alpha value is -3.40. The Balaban J connectivity index is 1.57. The summed E-state index contributed by atoms with van der Waals surface area (Å²) in [6.07, 6.45) is 0. The molecule has 0 saturated heterocycles. The second-order valence-corrected chi connectivity index (χ2v) is 6.23. The zero-order valence-electron chi connectivity index (χ0n) is 15.5. The average molecular weight is 358 g/mol. The Morgan fingerprint density at radius 3 is 2.22 bits per heavy atom. The SMILES string of the molecule is CC(=NNC(=O)COc1ccccc1C)c1ccc(-c2ccccc2)cc1. The molecule has 0 fully saturated rings. The molecule has 0 aliphatic carbocycles. The van der Waals surface area contributed by atoms with Gasteiger partial charge in [-0.15, -0.1) is 0 Å². The van der Waals surface area contributed by atoms with E-state index in [1.165, 1.54) is 5.56 Å². The number of amides is 1. The molecule has 0 saturated carbocycles. The molecule has 0 heterocycles. The molecule has 0 aliphatic heterocycles. The van der Waals surface area contributed by atoms with Crippen LogP contribution in [0.15, 0.2) is 84.0 Å². The molecule has 0 unspecified atom stereocenters. The zero-order chi connectivity index (χ0) is 19.1. The Morgan fingerprint density at radius 1 is 0.889 bits per heavy atom. The van der Waals surface area contributed by atoms with Crippen molar-refractivity contribution in [1.82, 2.24) is 5.43 Å². The van der Waals surface area contributed by atoms with Crippen molar-refractivity contribution in [1.29, 1.82) is 0 Å². The highest BCUT2D eigenvalue weighted by molar-refractivity contribution is 5.99. The highest BCUT2D eigenvalue weighted by atomic mass is 16.5. The number of hydrogen-bond acceptors (Lipinski definition) is 3. The van der Waals surface area contributed by atoms with E-state index in [9.17, 15) is 4.79 Å². The van der Waals surface area contributed by atoms with E-state index in [0.29, 0.717) is 5.75 Å². The number of ether oxygens (including phenoxy) is 1. The lowest BCUT2D eigenvalue weighted by atomic mass is 10.0. The summed E-state index contributed by atoms with van der Waals surface area (Å²) in [5, 5.41) is 4.17. The van der Waals surface area contributed by atoms with E-state index in [2.05, 4.69) is 22.7 Å². The van der Waals surface area contributed by atoms with Gasteiger partial charge in [0.2, 0.25) is 0 Å². The van der Waals surface area contributed by atoms with Crippen LogP contribution in [0.2, 0.25) is 0 Å². The van der Waals surface area contributed by atoms with Gasteiger partial charge < -0.3 is 4.74 Å². The maximum absolute atomic E-state index is 12.0. The van der Waals surface area contributed by atoms with Gasteiger partial charge in [-0.05, 0) is 42.2 Å². The fraction of sp³-hybridized carbons (Fsp3) is 0.130. The fourth-order valence-electron chi connectivity index (χ4n) is 2.64. The third kappa shape index (κ3) is 5.05. The number of aryl methyl sites for hydroxylation is 1. The third-order valence-corrected chi connectivity index (χ3v) is 4.21. The smallest absolute Gasteiger partial charge is 0.277 e. The fourth-order valence-corrected chi connectivity index (χ4v) is 2.64. The predicted molar refractivity (Wildman–Crippen MR) is 109 cm³/mol. The van der Waals surface area contributed by atoms with Gasteiger partial charge in [-0.2, -0.15) is 5.10 Å². The van der Waals surface area contributed by atoms with Crippen LogP contribution in [0.1, 0.15) is 18.1 Å². The van der Waals surface area contributed by atoms with Gasteiger partial charge in [0, 0.05) is 0 Å². The lowest BCUT2D eigenvalue weighted by Gasteiger charge is -2.08. The molecular weight excluding hydrogens is 336 g/mol. The van der Waals surface area contributed by atoms with Crippen LogP contribution >= 0.6 is 0 Å². The number of rotatable bonds is 6. The van der Waals surface area contributed by atoms with Gasteiger partial charge in [0.15, 0.2) is 6.61 Å². The van der Waals surface area contributed by atoms with E-state index < -0.39 is 0 Å². The molecule has 0 aromatic heterocycles. The normalized spacial score (nSPS) is 11.1. The Morgan fingerprint density at radius 2 is 1.52 bits per heavy atom. The highest BCUT2D eigenvalue weighted by Gasteiger charge is 2.05. The summed E-state index contributed by atoms with van der Waals surface area (Å²) >= 11 is 0. The molecule has 0 atom stereocenters. The quantitative estimate of drug-likeness (QED) is 0.518. The molecule has 0 radical (unpaired) electrons. The molecule has 4 nitrogen and oxygen atoms in total. The van der Waals surface area contributed by atoms with Gasteiger partial charge in [-0.3, -0.25) is 4.79 Å². The van der Waals surface area contributed by atoms with Gasteiger partial charge in [0.05, 0.1) is 5.71 Å². The zero-order valence-corrected chi connectivity index (χ0v) is 15.5. The minimum absolute atomic E-state index is 0.0748. The van der Waals surface area contributed by atoms with E-state index in [1.54, 1.807) is 0 Å². The van der Waals surface area contributed by atoms with E-state index in [1.807, 2.05) is 80.6 Å². The molecule has 0 aliphatic rings. The lowest BCUT2D eigenvalue weighted by Crippen LogP contribution is -2.25. The minimum atomic E-state index is -0.293. The van der Waals surface area contributed by atoms with Crippen LogP contribution in [-0.4, -0.2) is 18.2 Å². The molecule has 27 heavy (non-hydrogen) atoms. The first kappa shape index (κ1) is 18.4. The molecule has 3 aromatic carbocycles. The van der Waals surface area contributed by atoms with Gasteiger partial charge in [0.1, 0.15) is 5.75 Å². The summed E-state index contributed by atoms with van der Waals surface area (Å²) in [4.78, 5) is 12.0. The van der Waals surface area contributed by atoms with Crippen LogP contribution in [0, 0.1) is 6.92 Å². The molecule has 0 spiro atoms. The highest BCUT2D eigenvalue weighted by Crippen LogP contribution is 2.19. The second kappa shape index (κ2) is 8.81. The summed E-state index contributed by atoms with van der Waals surface area (Å²) in [5.74, 6) is 0.406. The number of hydrazone groups is 1. The standard InChI is InChI=1S/C23H22N2O2/c1-17-8-6-7-11-22(17)27-16-23(26)25-24-18(2)19-12-14-21(15-13-19)20-9-4-3-5-10-20/h3-15H,16H2,1-2H3,(H,25,26). The van der Waals surface area contributed by atoms with Crippen molar-refractivity contribution in [2.45, 2.75) is 13.8 Å². The van der Waals surface area contributed by atoms with Crippen molar-refractivity contribution in [3.8, 4) is 16.9 Å². The van der Waals surface area contributed by atoms with Crippen LogP contribution in [0.3, 0.4) is 0 Å². The number of benzene rings is 3. The lowest BCUT2D eigenvalue weighted by molar-refractivity contribution is -0.123. The van der Waals surface area contributed by atoms with Crippen LogP contribution in [0.5, 0.6) is 5.75 Å².